The molecule has 2 unspecified atom stereocenters. The van der Waals surface area contributed by atoms with Crippen LogP contribution in [0, 0.1) is 11.8 Å². The molecule has 150 valence electrons. The summed E-state index contributed by atoms with van der Waals surface area (Å²) in [5.41, 5.74) is 1.10. The standard InChI is InChI=1S/C22H26N2O3.ClH/c1-26-21-10-6-5-9-20(21)23-11-13-24(14-12-23)22(25)19-15-17(19)16-27-18-7-3-2-4-8-18;/h2-10,17,19H,11-16H2,1H3;1H. The molecule has 0 radical (unpaired) electrons. The number of para-hydroxylation sites is 3. The summed E-state index contributed by atoms with van der Waals surface area (Å²) in [4.78, 5) is 17.1. The van der Waals surface area contributed by atoms with Crippen LogP contribution in [0.1, 0.15) is 6.42 Å². The topological polar surface area (TPSA) is 42.0 Å². The van der Waals surface area contributed by atoms with Gasteiger partial charge in [-0.2, -0.15) is 0 Å². The summed E-state index contributed by atoms with van der Waals surface area (Å²) >= 11 is 0. The van der Waals surface area contributed by atoms with E-state index in [9.17, 15) is 4.79 Å². The van der Waals surface area contributed by atoms with Crippen LogP contribution in [0.15, 0.2) is 54.6 Å². The lowest BCUT2D eigenvalue weighted by molar-refractivity contribution is -0.133. The highest BCUT2D eigenvalue weighted by atomic mass is 35.5. The highest BCUT2D eigenvalue weighted by Gasteiger charge is 2.45. The summed E-state index contributed by atoms with van der Waals surface area (Å²) in [7, 11) is 1.70. The van der Waals surface area contributed by atoms with Crippen molar-refractivity contribution in [3.05, 3.63) is 54.6 Å². The summed E-state index contributed by atoms with van der Waals surface area (Å²) in [5, 5.41) is 0. The average molecular weight is 403 g/mol. The molecule has 1 aliphatic heterocycles. The van der Waals surface area contributed by atoms with Gasteiger partial charge >= 0.3 is 0 Å². The Kier molecular flexibility index (Phi) is 6.68. The SMILES string of the molecule is COc1ccccc1N1CCN(C(=O)C2CC2COc2ccccc2)CC1.Cl. The molecule has 6 heteroatoms. The van der Waals surface area contributed by atoms with Gasteiger partial charge in [-0.05, 0) is 30.7 Å². The number of halogens is 1. The monoisotopic (exact) mass is 402 g/mol. The molecule has 0 N–H and O–H groups in total. The third-order valence-corrected chi connectivity index (χ3v) is 5.46. The van der Waals surface area contributed by atoms with Crippen LogP contribution in [0.4, 0.5) is 5.69 Å². The van der Waals surface area contributed by atoms with Gasteiger partial charge in [0.2, 0.25) is 5.91 Å². The molecule has 5 nitrogen and oxygen atoms in total. The van der Waals surface area contributed by atoms with Gasteiger partial charge in [-0.15, -0.1) is 12.4 Å². The number of anilines is 1. The quantitative estimate of drug-likeness (QED) is 0.741. The Bertz CT molecular complexity index is 778. The fraction of sp³-hybridized carbons (Fsp3) is 0.409. The van der Waals surface area contributed by atoms with E-state index in [4.69, 9.17) is 9.47 Å². The maximum Gasteiger partial charge on any atom is 0.226 e. The maximum atomic E-state index is 12.8. The second-order valence-corrected chi connectivity index (χ2v) is 7.21. The first kappa shape index (κ1) is 20.3. The van der Waals surface area contributed by atoms with Crippen LogP contribution in [0.2, 0.25) is 0 Å². The van der Waals surface area contributed by atoms with E-state index in [1.54, 1.807) is 7.11 Å². The Morgan fingerprint density at radius 1 is 1.00 bits per heavy atom. The van der Waals surface area contributed by atoms with Gasteiger partial charge in [0.25, 0.3) is 0 Å². The predicted molar refractivity (Wildman–Crippen MR) is 113 cm³/mol. The fourth-order valence-electron chi connectivity index (χ4n) is 3.75. The zero-order chi connectivity index (χ0) is 18.6. The average Bonchev–Trinajstić information content (AvgIpc) is 3.52. The summed E-state index contributed by atoms with van der Waals surface area (Å²) < 4.78 is 11.3. The van der Waals surface area contributed by atoms with E-state index in [0.29, 0.717) is 12.5 Å². The number of carbonyl (C=O) groups excluding carboxylic acids is 1. The van der Waals surface area contributed by atoms with Crippen molar-refractivity contribution in [3.8, 4) is 11.5 Å². The number of carbonyl (C=O) groups is 1. The van der Waals surface area contributed by atoms with E-state index in [1.165, 1.54) is 0 Å². The first-order chi connectivity index (χ1) is 13.3. The van der Waals surface area contributed by atoms with Crippen molar-refractivity contribution in [2.45, 2.75) is 6.42 Å². The van der Waals surface area contributed by atoms with Gasteiger partial charge in [0.1, 0.15) is 11.5 Å². The molecule has 0 bridgehead atoms. The molecule has 2 aromatic rings. The highest BCUT2D eigenvalue weighted by Crippen LogP contribution is 2.40. The number of piperazine rings is 1. The minimum Gasteiger partial charge on any atom is -0.495 e. The van der Waals surface area contributed by atoms with Gasteiger partial charge in [0.15, 0.2) is 0 Å². The Morgan fingerprint density at radius 3 is 2.39 bits per heavy atom. The Morgan fingerprint density at radius 2 is 1.68 bits per heavy atom. The van der Waals surface area contributed by atoms with Crippen LogP contribution in [0.25, 0.3) is 0 Å². The van der Waals surface area contributed by atoms with Gasteiger partial charge in [0.05, 0.1) is 19.4 Å². The van der Waals surface area contributed by atoms with E-state index in [-0.39, 0.29) is 24.2 Å². The Labute approximate surface area is 172 Å². The largest absolute Gasteiger partial charge is 0.495 e. The molecule has 1 aliphatic carbocycles. The van der Waals surface area contributed by atoms with Crippen molar-refractivity contribution in [1.82, 2.24) is 4.90 Å². The van der Waals surface area contributed by atoms with Crippen LogP contribution in [-0.2, 0) is 4.79 Å². The minimum atomic E-state index is 0. The summed E-state index contributed by atoms with van der Waals surface area (Å²) in [6.07, 6.45) is 0.943. The molecular formula is C22H27ClN2O3. The molecule has 1 amide bonds. The molecule has 2 fully saturated rings. The Balaban J connectivity index is 0.00000225. The number of ether oxygens (including phenoxy) is 2. The number of benzene rings is 2. The number of amides is 1. The van der Waals surface area contributed by atoms with E-state index in [0.717, 1.165) is 49.8 Å². The second kappa shape index (κ2) is 9.20. The first-order valence-electron chi connectivity index (χ1n) is 9.61. The fourth-order valence-corrected chi connectivity index (χ4v) is 3.75. The summed E-state index contributed by atoms with van der Waals surface area (Å²) in [6, 6.07) is 17.9. The lowest BCUT2D eigenvalue weighted by Crippen LogP contribution is -2.49. The molecule has 4 rings (SSSR count). The van der Waals surface area contributed by atoms with Crippen LogP contribution in [0.5, 0.6) is 11.5 Å². The van der Waals surface area contributed by atoms with Gasteiger partial charge in [-0.1, -0.05) is 30.3 Å². The smallest absolute Gasteiger partial charge is 0.226 e. The number of nitrogens with zero attached hydrogens (tertiary/aromatic N) is 2. The van der Waals surface area contributed by atoms with E-state index < -0.39 is 0 Å². The molecule has 0 spiro atoms. The van der Waals surface area contributed by atoms with Crippen molar-refractivity contribution < 1.29 is 14.3 Å². The molecule has 0 aromatic heterocycles. The molecule has 28 heavy (non-hydrogen) atoms. The molecule has 1 saturated carbocycles. The third kappa shape index (κ3) is 4.53. The van der Waals surface area contributed by atoms with Crippen LogP contribution in [-0.4, -0.2) is 50.7 Å². The van der Waals surface area contributed by atoms with Crippen molar-refractivity contribution >= 4 is 24.0 Å². The first-order valence-corrected chi connectivity index (χ1v) is 9.61. The van der Waals surface area contributed by atoms with Gasteiger partial charge < -0.3 is 19.3 Å². The van der Waals surface area contributed by atoms with Crippen LogP contribution in [0.3, 0.4) is 0 Å². The normalized spacial score (nSPS) is 20.9. The zero-order valence-electron chi connectivity index (χ0n) is 16.1. The number of methoxy groups -OCH3 is 1. The highest BCUT2D eigenvalue weighted by molar-refractivity contribution is 5.85. The molecule has 2 aliphatic rings. The molecule has 1 saturated heterocycles. The van der Waals surface area contributed by atoms with Crippen molar-refractivity contribution in [2.75, 3.05) is 44.8 Å². The van der Waals surface area contributed by atoms with E-state index in [2.05, 4.69) is 11.0 Å². The second-order valence-electron chi connectivity index (χ2n) is 7.21. The van der Waals surface area contributed by atoms with Crippen molar-refractivity contribution in [2.24, 2.45) is 11.8 Å². The van der Waals surface area contributed by atoms with Gasteiger partial charge in [0, 0.05) is 38.0 Å². The third-order valence-electron chi connectivity index (χ3n) is 5.46. The predicted octanol–water partition coefficient (Wildman–Crippen LogP) is 3.48. The number of hydrogen-bond donors (Lipinski definition) is 0. The van der Waals surface area contributed by atoms with Gasteiger partial charge in [-0.25, -0.2) is 0 Å². The van der Waals surface area contributed by atoms with Crippen molar-refractivity contribution in [1.29, 1.82) is 0 Å². The van der Waals surface area contributed by atoms with Crippen LogP contribution < -0.4 is 14.4 Å². The summed E-state index contributed by atoms with van der Waals surface area (Å²) in [5.74, 6) is 2.53. The lowest BCUT2D eigenvalue weighted by Gasteiger charge is -2.36. The zero-order valence-corrected chi connectivity index (χ0v) is 16.9. The number of rotatable bonds is 6. The maximum absolute atomic E-state index is 12.8. The van der Waals surface area contributed by atoms with E-state index in [1.807, 2.05) is 53.4 Å². The molecule has 2 atom stereocenters. The van der Waals surface area contributed by atoms with E-state index >= 15 is 0 Å². The summed E-state index contributed by atoms with van der Waals surface area (Å²) in [6.45, 7) is 3.83. The van der Waals surface area contributed by atoms with Crippen LogP contribution >= 0.6 is 12.4 Å². The van der Waals surface area contributed by atoms with Gasteiger partial charge in [-0.3, -0.25) is 4.79 Å². The van der Waals surface area contributed by atoms with Crippen molar-refractivity contribution in [3.63, 3.8) is 0 Å². The molecule has 1 heterocycles. The molecule has 2 aromatic carbocycles. The molecular weight excluding hydrogens is 376 g/mol. The lowest BCUT2D eigenvalue weighted by atomic mass is 10.2. The number of hydrogen-bond acceptors (Lipinski definition) is 4. The minimum absolute atomic E-state index is 0. The Hall–Kier alpha value is -2.40.